The predicted octanol–water partition coefficient (Wildman–Crippen LogP) is 2.53. The van der Waals surface area contributed by atoms with Crippen LogP contribution in [0.25, 0.3) is 6.08 Å². The molecule has 2 aromatic carbocycles. The number of benzene rings is 2. The zero-order valence-electron chi connectivity index (χ0n) is 14.8. The van der Waals surface area contributed by atoms with Gasteiger partial charge in [0.05, 0.1) is 6.54 Å². The normalized spacial score (nSPS) is 19.0. The Bertz CT molecular complexity index is 944. The molecule has 1 radical (unpaired) electrons. The van der Waals surface area contributed by atoms with Crippen molar-refractivity contribution in [3.8, 4) is 0 Å². The second-order valence-corrected chi connectivity index (χ2v) is 6.45. The highest BCUT2D eigenvalue weighted by Crippen LogP contribution is 2.35. The van der Waals surface area contributed by atoms with Crippen LogP contribution in [0.1, 0.15) is 11.1 Å². The minimum absolute atomic E-state index is 0.253. The number of fused-ring (bicyclic) bond motifs is 1. The highest BCUT2D eigenvalue weighted by Gasteiger charge is 2.29. The van der Waals surface area contributed by atoms with Gasteiger partial charge < -0.3 is 20.0 Å². The third kappa shape index (κ3) is 3.15. The Labute approximate surface area is 159 Å². The zero-order chi connectivity index (χ0) is 18.8. The minimum Gasteiger partial charge on any atom is -0.860 e. The molecule has 27 heavy (non-hydrogen) atoms. The van der Waals surface area contributed by atoms with E-state index in [1.54, 1.807) is 28.5 Å². The second-order valence-electron chi connectivity index (χ2n) is 6.45. The van der Waals surface area contributed by atoms with Crippen molar-refractivity contribution in [2.75, 3.05) is 4.90 Å². The van der Waals surface area contributed by atoms with Gasteiger partial charge in [0.2, 0.25) is 0 Å². The van der Waals surface area contributed by atoms with E-state index in [0.717, 1.165) is 16.8 Å². The standard InChI is InChI=1S/C23H20N2O2/c1-2-17-9-8-10-18(15-17)16-20-22(26)24-14-7-6-13-21(24)25(23(20)27)19-11-4-3-5-12-19/h2-15,22,27H,1,16H2/q-1/p-1. The molecular formula is C23H19N2O2-2. The highest BCUT2D eigenvalue weighted by atomic mass is 16.3. The molecule has 0 bridgehead atoms. The molecule has 0 amide bonds. The molecule has 0 saturated carbocycles. The molecule has 4 nitrogen and oxygen atoms in total. The summed E-state index contributed by atoms with van der Waals surface area (Å²) in [6, 6.07) is 17.1. The molecule has 2 aliphatic rings. The Morgan fingerprint density at radius 3 is 2.63 bits per heavy atom. The van der Waals surface area contributed by atoms with Crippen molar-refractivity contribution in [1.29, 1.82) is 0 Å². The van der Waals surface area contributed by atoms with E-state index < -0.39 is 6.23 Å². The summed E-state index contributed by atoms with van der Waals surface area (Å²) in [4.78, 5) is 3.22. The summed E-state index contributed by atoms with van der Waals surface area (Å²) in [6.45, 7) is 5.51. The molecule has 2 heterocycles. The van der Waals surface area contributed by atoms with Crippen molar-refractivity contribution in [3.63, 3.8) is 0 Å². The third-order valence-corrected chi connectivity index (χ3v) is 4.72. The van der Waals surface area contributed by atoms with E-state index in [9.17, 15) is 10.2 Å². The van der Waals surface area contributed by atoms with Gasteiger partial charge in [-0.25, -0.2) is 0 Å². The van der Waals surface area contributed by atoms with Crippen LogP contribution in [0.3, 0.4) is 0 Å². The number of nitrogens with zero attached hydrogens (tertiary/aromatic N) is 2. The average Bonchev–Trinajstić information content (AvgIpc) is 2.72. The Balaban J connectivity index is 1.80. The van der Waals surface area contributed by atoms with Crippen molar-refractivity contribution < 1.29 is 10.2 Å². The van der Waals surface area contributed by atoms with Crippen LogP contribution in [0.15, 0.2) is 96.7 Å². The Morgan fingerprint density at radius 2 is 1.85 bits per heavy atom. The Hall–Kier alpha value is -3.24. The molecule has 0 aromatic heterocycles. The summed E-state index contributed by atoms with van der Waals surface area (Å²) < 4.78 is 0. The van der Waals surface area contributed by atoms with Crippen LogP contribution in [0, 0.1) is 6.54 Å². The maximum absolute atomic E-state index is 13.3. The van der Waals surface area contributed by atoms with Crippen LogP contribution in [-0.4, -0.2) is 11.1 Å². The smallest absolute Gasteiger partial charge is 0.112 e. The molecule has 0 N–H and O–H groups in total. The summed E-state index contributed by atoms with van der Waals surface area (Å²) in [5.74, 6) is 0.327. The summed E-state index contributed by atoms with van der Waals surface area (Å²) in [7, 11) is 0. The average molecular weight is 355 g/mol. The molecule has 0 aliphatic carbocycles. The lowest BCUT2D eigenvalue weighted by atomic mass is 9.99. The lowest BCUT2D eigenvalue weighted by Gasteiger charge is -2.53. The molecule has 0 saturated heterocycles. The van der Waals surface area contributed by atoms with Gasteiger partial charge in [-0.1, -0.05) is 72.8 Å². The van der Waals surface area contributed by atoms with Gasteiger partial charge in [-0.15, -0.1) is 0 Å². The van der Waals surface area contributed by atoms with Crippen LogP contribution in [-0.2, 0) is 6.42 Å². The van der Waals surface area contributed by atoms with Gasteiger partial charge >= 0.3 is 0 Å². The van der Waals surface area contributed by atoms with Crippen molar-refractivity contribution in [2.45, 2.75) is 12.6 Å². The molecule has 1 unspecified atom stereocenters. The van der Waals surface area contributed by atoms with Crippen LogP contribution in [0.2, 0.25) is 0 Å². The van der Waals surface area contributed by atoms with Crippen LogP contribution in [0.4, 0.5) is 5.69 Å². The van der Waals surface area contributed by atoms with Gasteiger partial charge in [-0.2, -0.15) is 0 Å². The first-order chi connectivity index (χ1) is 13.2. The minimum atomic E-state index is -1.25. The maximum atomic E-state index is 13.3. The second kappa shape index (κ2) is 7.17. The van der Waals surface area contributed by atoms with Crippen LogP contribution < -0.4 is 15.1 Å². The molecular weight excluding hydrogens is 336 g/mol. The molecule has 0 spiro atoms. The van der Waals surface area contributed by atoms with E-state index in [4.69, 9.17) is 0 Å². The summed E-state index contributed by atoms with van der Waals surface area (Å²) in [5, 5.41) is 26.4. The maximum Gasteiger partial charge on any atom is 0.112 e. The number of rotatable bonds is 4. The van der Waals surface area contributed by atoms with E-state index in [0.29, 0.717) is 17.8 Å². The Morgan fingerprint density at radius 1 is 1.04 bits per heavy atom. The Kier molecular flexibility index (Phi) is 4.57. The third-order valence-electron chi connectivity index (χ3n) is 4.72. The molecule has 1 atom stereocenters. The summed E-state index contributed by atoms with van der Waals surface area (Å²) >= 11 is 0. The quantitative estimate of drug-likeness (QED) is 0.846. The lowest BCUT2D eigenvalue weighted by Crippen LogP contribution is -2.55. The predicted molar refractivity (Wildman–Crippen MR) is 103 cm³/mol. The number of anilines is 1. The monoisotopic (exact) mass is 355 g/mol. The van der Waals surface area contributed by atoms with Gasteiger partial charge in [0.25, 0.3) is 0 Å². The van der Waals surface area contributed by atoms with E-state index in [1.807, 2.05) is 66.7 Å². The zero-order valence-corrected chi connectivity index (χ0v) is 14.8. The van der Waals surface area contributed by atoms with Crippen LogP contribution in [0.5, 0.6) is 0 Å². The van der Waals surface area contributed by atoms with Gasteiger partial charge in [0, 0.05) is 5.69 Å². The first kappa shape index (κ1) is 17.2. The van der Waals surface area contributed by atoms with Crippen molar-refractivity contribution in [2.24, 2.45) is 0 Å². The van der Waals surface area contributed by atoms with E-state index in [-0.39, 0.29) is 5.88 Å². The summed E-state index contributed by atoms with van der Waals surface area (Å²) in [6.07, 6.45) is 6.25. The topological polar surface area (TPSA) is 52.6 Å². The molecule has 4 rings (SSSR count). The van der Waals surface area contributed by atoms with Crippen molar-refractivity contribution in [1.82, 2.24) is 4.90 Å². The number of hydrogen-bond donors (Lipinski definition) is 0. The first-order valence-corrected chi connectivity index (χ1v) is 8.81. The number of allylic oxidation sites excluding steroid dienone is 2. The van der Waals surface area contributed by atoms with Gasteiger partial charge in [0.15, 0.2) is 0 Å². The lowest BCUT2D eigenvalue weighted by molar-refractivity contribution is -0.443. The number of hydrogen-bond acceptors (Lipinski definition) is 4. The van der Waals surface area contributed by atoms with Crippen LogP contribution >= 0.6 is 0 Å². The van der Waals surface area contributed by atoms with Crippen molar-refractivity contribution >= 4 is 11.8 Å². The van der Waals surface area contributed by atoms with E-state index in [2.05, 4.69) is 6.58 Å². The van der Waals surface area contributed by atoms with Crippen molar-refractivity contribution in [3.05, 3.63) is 114 Å². The first-order valence-electron chi connectivity index (χ1n) is 8.81. The molecule has 2 aromatic rings. The molecule has 4 heteroatoms. The van der Waals surface area contributed by atoms with Gasteiger partial charge in [-0.3, -0.25) is 0 Å². The SMILES string of the molecule is C=Cc1cccc(CC2=C([O-])N(c3ccccc3)C3=CC=C[CH]N3C2[O-])c1. The van der Waals surface area contributed by atoms with E-state index in [1.165, 1.54) is 0 Å². The molecule has 135 valence electrons. The largest absolute Gasteiger partial charge is 0.860 e. The molecule has 2 aliphatic heterocycles. The fraction of sp³-hybridized carbons (Fsp3) is 0.0870. The number of para-hydroxylation sites is 1. The summed E-state index contributed by atoms with van der Waals surface area (Å²) in [5.41, 5.74) is 2.95. The van der Waals surface area contributed by atoms with Gasteiger partial charge in [-0.05, 0) is 47.9 Å². The molecule has 0 fully saturated rings. The fourth-order valence-corrected chi connectivity index (χ4v) is 3.40. The highest BCUT2D eigenvalue weighted by molar-refractivity contribution is 5.60. The van der Waals surface area contributed by atoms with E-state index >= 15 is 0 Å². The van der Waals surface area contributed by atoms with Gasteiger partial charge in [0.1, 0.15) is 5.82 Å². The fourth-order valence-electron chi connectivity index (χ4n) is 3.40.